The molecule has 0 bridgehead atoms. The highest BCUT2D eigenvalue weighted by molar-refractivity contribution is 7.86. The summed E-state index contributed by atoms with van der Waals surface area (Å²) in [5.74, 6) is -0.124. The largest absolute Gasteiger partial charge is 0.491 e. The lowest BCUT2D eigenvalue weighted by Crippen LogP contribution is -2.38. The average Bonchev–Trinajstić information content (AvgIpc) is 3.24. The summed E-state index contributed by atoms with van der Waals surface area (Å²) >= 11 is 0. The van der Waals surface area contributed by atoms with Crippen molar-refractivity contribution in [2.75, 3.05) is 17.9 Å². The molecule has 1 aliphatic rings. The van der Waals surface area contributed by atoms with Gasteiger partial charge in [0.15, 0.2) is 0 Å². The van der Waals surface area contributed by atoms with Crippen LogP contribution in [0.1, 0.15) is 24.5 Å². The van der Waals surface area contributed by atoms with Gasteiger partial charge < -0.3 is 14.0 Å². The van der Waals surface area contributed by atoms with E-state index in [4.69, 9.17) is 8.92 Å². The van der Waals surface area contributed by atoms with Gasteiger partial charge in [-0.15, -0.1) is 0 Å². The van der Waals surface area contributed by atoms with Gasteiger partial charge in [-0.05, 0) is 79.1 Å². The molecule has 10 heteroatoms. The number of aliphatic hydroxyl groups is 1. The van der Waals surface area contributed by atoms with E-state index in [0.29, 0.717) is 29.8 Å². The lowest BCUT2D eigenvalue weighted by Gasteiger charge is -2.28. The van der Waals surface area contributed by atoms with E-state index in [1.54, 1.807) is 47.6 Å². The molecular weight excluding hydrogens is 490 g/mol. The van der Waals surface area contributed by atoms with E-state index in [1.807, 2.05) is 0 Å². The molecule has 0 aliphatic carbocycles. The Balaban J connectivity index is 1.45. The molecule has 0 spiro atoms. The number of benzene rings is 3. The van der Waals surface area contributed by atoms with Crippen molar-refractivity contribution in [2.24, 2.45) is 11.0 Å². The summed E-state index contributed by atoms with van der Waals surface area (Å²) in [6.45, 7) is 0.223. The van der Waals surface area contributed by atoms with Gasteiger partial charge >= 0.3 is 10.1 Å². The lowest BCUT2D eigenvalue weighted by atomic mass is 9.93. The van der Waals surface area contributed by atoms with Crippen LogP contribution < -0.4 is 13.9 Å². The first-order chi connectivity index (χ1) is 17.2. The maximum absolute atomic E-state index is 13.5. The van der Waals surface area contributed by atoms with Gasteiger partial charge in [0.25, 0.3) is 0 Å². The number of hydrazone groups is 1. The van der Waals surface area contributed by atoms with Crippen LogP contribution in [0.3, 0.4) is 0 Å². The molecule has 36 heavy (non-hydrogen) atoms. The molecule has 0 fully saturated rings. The highest BCUT2D eigenvalue weighted by Crippen LogP contribution is 2.31. The third-order valence-electron chi connectivity index (χ3n) is 5.80. The van der Waals surface area contributed by atoms with E-state index in [2.05, 4.69) is 5.10 Å². The fourth-order valence-electron chi connectivity index (χ4n) is 3.99. The predicted octanol–water partition coefficient (Wildman–Crippen LogP) is 4.69. The molecule has 190 valence electrons. The second-order valence-electron chi connectivity index (χ2n) is 8.53. The van der Waals surface area contributed by atoms with Gasteiger partial charge in [-0.1, -0.05) is 12.1 Å². The van der Waals surface area contributed by atoms with Crippen molar-refractivity contribution in [2.45, 2.75) is 25.0 Å². The zero-order valence-corrected chi connectivity index (χ0v) is 20.3. The van der Waals surface area contributed by atoms with Crippen LogP contribution in [0.5, 0.6) is 11.5 Å². The van der Waals surface area contributed by atoms with E-state index < -0.39 is 16.2 Å². The Morgan fingerprint density at radius 3 is 2.14 bits per heavy atom. The first kappa shape index (κ1) is 25.6. The summed E-state index contributed by atoms with van der Waals surface area (Å²) in [5.41, 5.74) is 1.32. The molecule has 0 amide bonds. The first-order valence-electron chi connectivity index (χ1n) is 11.3. The van der Waals surface area contributed by atoms with Crippen LogP contribution in [0.25, 0.3) is 0 Å². The number of ether oxygens (including phenoxy) is 1. The monoisotopic (exact) mass is 516 g/mol. The quantitative estimate of drug-likeness (QED) is 0.394. The fraction of sp³-hybridized carbons (Fsp3) is 0.269. The zero-order valence-electron chi connectivity index (χ0n) is 19.5. The highest BCUT2D eigenvalue weighted by Gasteiger charge is 2.33. The summed E-state index contributed by atoms with van der Waals surface area (Å²) in [5, 5.41) is 16.9. The molecule has 0 saturated carbocycles. The van der Waals surface area contributed by atoms with Crippen LogP contribution >= 0.6 is 0 Å². The molecule has 0 radical (unpaired) electrons. The van der Waals surface area contributed by atoms with Crippen LogP contribution in [0, 0.1) is 17.6 Å². The molecule has 7 nitrogen and oxygen atoms in total. The SMILES string of the molecule is CS(=O)(=O)Oc1ccc(OC[C@@H]2C(CC[C@H](O)c3ccc(F)cc3)C=NN2c2ccc(F)cc2)cc1. The van der Waals surface area contributed by atoms with Crippen molar-refractivity contribution in [1.82, 2.24) is 0 Å². The molecule has 4 rings (SSSR count). The molecule has 1 aliphatic heterocycles. The maximum Gasteiger partial charge on any atom is 0.306 e. The summed E-state index contributed by atoms with van der Waals surface area (Å²) in [4.78, 5) is 0. The van der Waals surface area contributed by atoms with Gasteiger partial charge in [0.05, 0.1) is 24.1 Å². The van der Waals surface area contributed by atoms with Crippen LogP contribution in [0.2, 0.25) is 0 Å². The van der Waals surface area contributed by atoms with Crippen molar-refractivity contribution in [3.8, 4) is 11.5 Å². The second kappa shape index (κ2) is 11.0. The van der Waals surface area contributed by atoms with Gasteiger partial charge in [0.2, 0.25) is 0 Å². The minimum atomic E-state index is -3.63. The Kier molecular flexibility index (Phi) is 7.85. The normalized spacial score (nSPS) is 18.3. The Morgan fingerprint density at radius 1 is 0.944 bits per heavy atom. The van der Waals surface area contributed by atoms with Gasteiger partial charge in [-0.3, -0.25) is 5.01 Å². The second-order valence-corrected chi connectivity index (χ2v) is 10.1. The number of hydrogen-bond acceptors (Lipinski definition) is 7. The number of nitrogens with zero attached hydrogens (tertiary/aromatic N) is 2. The minimum absolute atomic E-state index is 0.0852. The van der Waals surface area contributed by atoms with Gasteiger partial charge in [-0.2, -0.15) is 13.5 Å². The number of aliphatic hydroxyl groups excluding tert-OH is 1. The van der Waals surface area contributed by atoms with E-state index in [-0.39, 0.29) is 36.0 Å². The van der Waals surface area contributed by atoms with Crippen molar-refractivity contribution in [3.63, 3.8) is 0 Å². The predicted molar refractivity (Wildman–Crippen MR) is 133 cm³/mol. The molecule has 1 heterocycles. The van der Waals surface area contributed by atoms with E-state index in [9.17, 15) is 22.3 Å². The standard InChI is InChI=1S/C26H26F2N2O5S/c1-36(32,33)35-24-13-11-23(12-14-24)34-17-25-19(4-15-26(31)18-2-5-20(27)6-3-18)16-29-30(25)22-9-7-21(28)8-10-22/h2-3,5-14,16,19,25-26,31H,4,15,17H2,1H3/t19?,25-,26+/m1/s1. The maximum atomic E-state index is 13.5. The van der Waals surface area contributed by atoms with Gasteiger partial charge in [-0.25, -0.2) is 8.78 Å². The summed E-state index contributed by atoms with van der Waals surface area (Å²) in [7, 11) is -3.63. The molecule has 3 aromatic rings. The van der Waals surface area contributed by atoms with E-state index >= 15 is 0 Å². The minimum Gasteiger partial charge on any atom is -0.491 e. The molecule has 0 saturated heterocycles. The van der Waals surface area contributed by atoms with Crippen LogP contribution in [0.4, 0.5) is 14.5 Å². The van der Waals surface area contributed by atoms with E-state index in [1.165, 1.54) is 36.4 Å². The summed E-state index contributed by atoms with van der Waals surface area (Å²) in [6, 6.07) is 17.7. The molecule has 3 aromatic carbocycles. The molecule has 0 aromatic heterocycles. The third kappa shape index (κ3) is 6.79. The zero-order chi connectivity index (χ0) is 25.7. The highest BCUT2D eigenvalue weighted by atomic mass is 32.2. The van der Waals surface area contributed by atoms with Gasteiger partial charge in [0.1, 0.15) is 29.7 Å². The molecule has 1 unspecified atom stereocenters. The summed E-state index contributed by atoms with van der Waals surface area (Å²) in [6.07, 6.45) is 3.00. The van der Waals surface area contributed by atoms with Crippen LogP contribution in [-0.4, -0.2) is 38.6 Å². The number of hydrogen-bond donors (Lipinski definition) is 1. The molecule has 1 N–H and O–H groups in total. The summed E-state index contributed by atoms with van der Waals surface area (Å²) < 4.78 is 60.1. The molecule has 3 atom stereocenters. The molecular formula is C26H26F2N2O5S. The van der Waals surface area contributed by atoms with E-state index in [0.717, 1.165) is 6.26 Å². The van der Waals surface area contributed by atoms with Crippen molar-refractivity contribution in [1.29, 1.82) is 0 Å². The number of rotatable bonds is 10. The Labute approximate surface area is 208 Å². The lowest BCUT2D eigenvalue weighted by molar-refractivity contribution is 0.157. The number of anilines is 1. The third-order valence-corrected chi connectivity index (χ3v) is 6.30. The van der Waals surface area contributed by atoms with Crippen molar-refractivity contribution < 1.29 is 31.2 Å². The average molecular weight is 517 g/mol. The Bertz CT molecular complexity index is 1280. The fourth-order valence-corrected chi connectivity index (χ4v) is 4.45. The Morgan fingerprint density at radius 2 is 1.53 bits per heavy atom. The first-order valence-corrected chi connectivity index (χ1v) is 13.1. The van der Waals surface area contributed by atoms with Crippen LogP contribution in [0.15, 0.2) is 77.9 Å². The Hall–Kier alpha value is -3.50. The van der Waals surface area contributed by atoms with Crippen molar-refractivity contribution >= 4 is 22.0 Å². The van der Waals surface area contributed by atoms with Crippen LogP contribution in [-0.2, 0) is 10.1 Å². The topological polar surface area (TPSA) is 88.4 Å². The van der Waals surface area contributed by atoms with Gasteiger partial charge in [0, 0.05) is 12.1 Å². The van der Waals surface area contributed by atoms with Crippen molar-refractivity contribution in [3.05, 3.63) is 90.0 Å². The smallest absolute Gasteiger partial charge is 0.306 e. The number of halogens is 2.